The molecule has 0 aliphatic rings. The van der Waals surface area contributed by atoms with Gasteiger partial charge in [-0.2, -0.15) is 11.8 Å². The number of nitrogens with zero attached hydrogens (tertiary/aromatic N) is 4. The Morgan fingerprint density at radius 2 is 2.09 bits per heavy atom. The Morgan fingerprint density at radius 3 is 2.64 bits per heavy atom. The molecular weight excluding hydrogens is 411 g/mol. The van der Waals surface area contributed by atoms with Crippen molar-refractivity contribution in [3.05, 3.63) is 11.6 Å². The number of hydrogen-bond donors (Lipinski definition) is 2. The summed E-state index contributed by atoms with van der Waals surface area (Å²) in [6.07, 6.45) is 4.43. The zero-order valence-electron chi connectivity index (χ0n) is 14.2. The van der Waals surface area contributed by atoms with Crippen LogP contribution in [-0.4, -0.2) is 45.3 Å². The quantitative estimate of drug-likeness (QED) is 0.281. The predicted molar refractivity (Wildman–Crippen MR) is 106 cm³/mol. The summed E-state index contributed by atoms with van der Waals surface area (Å²) in [6.45, 7) is 8.70. The second-order valence-electron chi connectivity index (χ2n) is 5.09. The van der Waals surface area contributed by atoms with Crippen LogP contribution >= 0.6 is 35.7 Å². The zero-order valence-corrected chi connectivity index (χ0v) is 17.4. The minimum Gasteiger partial charge on any atom is -0.356 e. The third-order valence-corrected chi connectivity index (χ3v) is 4.31. The number of nitrogens with one attached hydrogen (secondary N) is 2. The van der Waals surface area contributed by atoms with Crippen LogP contribution < -0.4 is 10.6 Å². The van der Waals surface area contributed by atoms with E-state index in [4.69, 9.17) is 0 Å². The number of unbranched alkanes of at least 4 members (excludes halogenated alkanes) is 1. The minimum atomic E-state index is 0. The van der Waals surface area contributed by atoms with E-state index < -0.39 is 0 Å². The Morgan fingerprint density at radius 1 is 1.36 bits per heavy atom. The molecule has 0 aliphatic carbocycles. The van der Waals surface area contributed by atoms with E-state index >= 15 is 0 Å². The molecule has 0 saturated heterocycles. The van der Waals surface area contributed by atoms with Crippen LogP contribution in [0.15, 0.2) is 4.99 Å². The molecule has 0 fully saturated rings. The van der Waals surface area contributed by atoms with Crippen LogP contribution in [0.3, 0.4) is 0 Å². The third kappa shape index (κ3) is 7.66. The Hall–Kier alpha value is -0.510. The number of aryl methyl sites for hydroxylation is 1. The van der Waals surface area contributed by atoms with Crippen LogP contribution in [0.1, 0.15) is 38.3 Å². The van der Waals surface area contributed by atoms with Crippen LogP contribution in [-0.2, 0) is 13.6 Å². The maximum absolute atomic E-state index is 4.61. The van der Waals surface area contributed by atoms with Gasteiger partial charge in [-0.05, 0) is 19.6 Å². The number of rotatable bonds is 8. The largest absolute Gasteiger partial charge is 0.356 e. The molecule has 128 valence electrons. The van der Waals surface area contributed by atoms with E-state index in [9.17, 15) is 0 Å². The monoisotopic (exact) mass is 440 g/mol. The number of aromatic nitrogens is 3. The highest BCUT2D eigenvalue weighted by Gasteiger charge is 2.06. The maximum Gasteiger partial charge on any atom is 0.191 e. The maximum atomic E-state index is 4.61. The number of guanidine groups is 1. The lowest BCUT2D eigenvalue weighted by Crippen LogP contribution is -2.40. The molecule has 1 atom stereocenters. The summed E-state index contributed by atoms with van der Waals surface area (Å²) in [5.74, 6) is 2.64. The van der Waals surface area contributed by atoms with E-state index in [1.807, 2.05) is 30.3 Å². The molecule has 0 radical (unpaired) electrons. The standard InChI is InChI=1S/C14H28N6S.HI/c1-6-7-8-15-14(16-9-11(2)21-5)17-10-13-19-18-12(3)20(13)4;/h11H,6-10H2,1-5H3,(H2,15,16,17);1H. The molecule has 2 N–H and O–H groups in total. The molecule has 1 heterocycles. The second-order valence-corrected chi connectivity index (χ2v) is 6.37. The smallest absolute Gasteiger partial charge is 0.191 e. The van der Waals surface area contributed by atoms with Gasteiger partial charge in [-0.25, -0.2) is 4.99 Å². The highest BCUT2D eigenvalue weighted by molar-refractivity contribution is 14.0. The van der Waals surface area contributed by atoms with Gasteiger partial charge in [0.05, 0.1) is 0 Å². The van der Waals surface area contributed by atoms with Gasteiger partial charge in [-0.15, -0.1) is 34.2 Å². The third-order valence-electron chi connectivity index (χ3n) is 3.34. The molecule has 22 heavy (non-hydrogen) atoms. The number of halogens is 1. The first-order chi connectivity index (χ1) is 10.1. The molecule has 0 bridgehead atoms. The molecule has 1 aromatic heterocycles. The van der Waals surface area contributed by atoms with Gasteiger partial charge in [0.25, 0.3) is 0 Å². The van der Waals surface area contributed by atoms with Gasteiger partial charge in [0.2, 0.25) is 0 Å². The first kappa shape index (κ1) is 21.5. The molecule has 8 heteroatoms. The number of thioether (sulfide) groups is 1. The number of hydrogen-bond acceptors (Lipinski definition) is 4. The Kier molecular flexibility index (Phi) is 11.7. The van der Waals surface area contributed by atoms with E-state index in [2.05, 4.69) is 45.9 Å². The van der Waals surface area contributed by atoms with Crippen LogP contribution in [0.2, 0.25) is 0 Å². The minimum absolute atomic E-state index is 0. The summed E-state index contributed by atoms with van der Waals surface area (Å²) in [7, 11) is 1.97. The van der Waals surface area contributed by atoms with Crippen molar-refractivity contribution in [2.45, 2.75) is 45.4 Å². The van der Waals surface area contributed by atoms with Crippen LogP contribution in [0, 0.1) is 6.92 Å². The lowest BCUT2D eigenvalue weighted by atomic mass is 10.3. The predicted octanol–water partition coefficient (Wildman–Crippen LogP) is 2.33. The zero-order chi connectivity index (χ0) is 15.7. The summed E-state index contributed by atoms with van der Waals surface area (Å²) >= 11 is 1.84. The van der Waals surface area contributed by atoms with Crippen molar-refractivity contribution in [1.29, 1.82) is 0 Å². The van der Waals surface area contributed by atoms with Gasteiger partial charge in [0.15, 0.2) is 11.8 Å². The SMILES string of the molecule is CCCCNC(=NCc1nnc(C)n1C)NCC(C)SC.I. The fourth-order valence-corrected chi connectivity index (χ4v) is 1.87. The van der Waals surface area contributed by atoms with Crippen molar-refractivity contribution in [3.8, 4) is 0 Å². The van der Waals surface area contributed by atoms with Gasteiger partial charge < -0.3 is 15.2 Å². The normalized spacial score (nSPS) is 12.7. The molecular formula is C14H29IN6S. The van der Waals surface area contributed by atoms with E-state index in [1.54, 1.807) is 0 Å². The summed E-state index contributed by atoms with van der Waals surface area (Å²) < 4.78 is 1.97. The molecule has 0 aliphatic heterocycles. The van der Waals surface area contributed by atoms with Crippen molar-refractivity contribution < 1.29 is 0 Å². The van der Waals surface area contributed by atoms with Crippen molar-refractivity contribution in [1.82, 2.24) is 25.4 Å². The lowest BCUT2D eigenvalue weighted by Gasteiger charge is -2.15. The molecule has 0 saturated carbocycles. The fourth-order valence-electron chi connectivity index (χ4n) is 1.62. The van der Waals surface area contributed by atoms with Crippen LogP contribution in [0.4, 0.5) is 0 Å². The van der Waals surface area contributed by atoms with Crippen molar-refractivity contribution in [3.63, 3.8) is 0 Å². The van der Waals surface area contributed by atoms with E-state index in [-0.39, 0.29) is 24.0 Å². The molecule has 0 amide bonds. The summed E-state index contributed by atoms with van der Waals surface area (Å²) in [5.41, 5.74) is 0. The van der Waals surface area contributed by atoms with E-state index in [0.29, 0.717) is 11.8 Å². The average molecular weight is 440 g/mol. The molecule has 0 aromatic carbocycles. The lowest BCUT2D eigenvalue weighted by molar-refractivity contribution is 0.713. The molecule has 1 aromatic rings. The molecule has 1 unspecified atom stereocenters. The highest BCUT2D eigenvalue weighted by Crippen LogP contribution is 2.03. The van der Waals surface area contributed by atoms with Crippen molar-refractivity contribution >= 4 is 41.7 Å². The molecule has 1 rings (SSSR count). The van der Waals surface area contributed by atoms with E-state index in [0.717, 1.165) is 37.1 Å². The van der Waals surface area contributed by atoms with E-state index in [1.165, 1.54) is 6.42 Å². The Labute approximate surface area is 155 Å². The summed E-state index contributed by atoms with van der Waals surface area (Å²) in [5, 5.41) is 15.5. The van der Waals surface area contributed by atoms with Crippen molar-refractivity contribution in [2.24, 2.45) is 12.0 Å². The topological polar surface area (TPSA) is 67.1 Å². The first-order valence-electron chi connectivity index (χ1n) is 7.48. The molecule has 6 nitrogen and oxygen atoms in total. The van der Waals surface area contributed by atoms with Gasteiger partial charge in [0, 0.05) is 25.4 Å². The van der Waals surface area contributed by atoms with Crippen molar-refractivity contribution in [2.75, 3.05) is 19.3 Å². The van der Waals surface area contributed by atoms with Gasteiger partial charge in [0.1, 0.15) is 12.4 Å². The Bertz CT molecular complexity index is 449. The number of aliphatic imine (C=N–C) groups is 1. The Balaban J connectivity index is 0.00000441. The first-order valence-corrected chi connectivity index (χ1v) is 8.77. The highest BCUT2D eigenvalue weighted by atomic mass is 127. The van der Waals surface area contributed by atoms with Gasteiger partial charge in [-0.1, -0.05) is 20.3 Å². The average Bonchev–Trinajstić information content (AvgIpc) is 2.80. The summed E-state index contributed by atoms with van der Waals surface area (Å²) in [4.78, 5) is 4.61. The second kappa shape index (κ2) is 12.0. The van der Waals surface area contributed by atoms with Crippen LogP contribution in [0.5, 0.6) is 0 Å². The summed E-state index contributed by atoms with van der Waals surface area (Å²) in [6, 6.07) is 0. The van der Waals surface area contributed by atoms with Gasteiger partial charge >= 0.3 is 0 Å². The molecule has 0 spiro atoms. The van der Waals surface area contributed by atoms with Crippen LogP contribution in [0.25, 0.3) is 0 Å². The fraction of sp³-hybridized carbons (Fsp3) is 0.786. The van der Waals surface area contributed by atoms with Gasteiger partial charge in [-0.3, -0.25) is 0 Å².